The molecule has 0 amide bonds. The molecule has 0 fully saturated rings. The molecule has 0 spiro atoms. The Hall–Kier alpha value is -1.15. The first-order valence-electron chi connectivity index (χ1n) is 5.74. The Balaban J connectivity index is 2.43. The van der Waals surface area contributed by atoms with Gasteiger partial charge in [-0.1, -0.05) is 11.6 Å². The van der Waals surface area contributed by atoms with Gasteiger partial charge in [-0.2, -0.15) is 0 Å². The topological polar surface area (TPSA) is 18.5 Å². The molecule has 0 aliphatic carbocycles. The normalized spacial score (nSPS) is 18.8. The maximum absolute atomic E-state index is 5.80. The highest BCUT2D eigenvalue weighted by atomic mass is 35.5. The van der Waals surface area contributed by atoms with E-state index >= 15 is 0 Å². The third kappa shape index (κ3) is 2.58. The third-order valence-corrected chi connectivity index (χ3v) is 3.28. The molecule has 0 saturated carbocycles. The molecule has 92 valence electrons. The molecule has 1 heterocycles. The van der Waals surface area contributed by atoms with E-state index in [1.165, 1.54) is 5.56 Å². The SMILES string of the molecule is COc1cc2c(cc1/C=C(/C)CCl)OC(C)C2. The molecule has 1 aliphatic heterocycles. The average Bonchev–Trinajstić information content (AvgIpc) is 2.67. The van der Waals surface area contributed by atoms with Crippen LogP contribution in [-0.4, -0.2) is 19.1 Å². The molecule has 3 heteroatoms. The summed E-state index contributed by atoms with van der Waals surface area (Å²) in [6.45, 7) is 4.08. The summed E-state index contributed by atoms with van der Waals surface area (Å²) in [6.07, 6.45) is 3.24. The fraction of sp³-hybridized carbons (Fsp3) is 0.429. The number of fused-ring (bicyclic) bond motifs is 1. The van der Waals surface area contributed by atoms with Gasteiger partial charge >= 0.3 is 0 Å². The van der Waals surface area contributed by atoms with Crippen molar-refractivity contribution in [3.8, 4) is 11.5 Å². The van der Waals surface area contributed by atoms with Crippen LogP contribution in [-0.2, 0) is 6.42 Å². The van der Waals surface area contributed by atoms with Gasteiger partial charge in [-0.15, -0.1) is 11.6 Å². The number of benzene rings is 1. The smallest absolute Gasteiger partial charge is 0.126 e. The van der Waals surface area contributed by atoms with Crippen molar-refractivity contribution < 1.29 is 9.47 Å². The van der Waals surface area contributed by atoms with Crippen LogP contribution in [0, 0.1) is 0 Å². The van der Waals surface area contributed by atoms with Crippen molar-refractivity contribution in [3.63, 3.8) is 0 Å². The zero-order valence-corrected chi connectivity index (χ0v) is 11.2. The van der Waals surface area contributed by atoms with E-state index in [2.05, 4.69) is 13.0 Å². The molecule has 0 radical (unpaired) electrons. The number of allylic oxidation sites excluding steroid dienone is 1. The highest BCUT2D eigenvalue weighted by molar-refractivity contribution is 6.19. The van der Waals surface area contributed by atoms with Crippen LogP contribution in [0.3, 0.4) is 0 Å². The number of ether oxygens (including phenoxy) is 2. The second-order valence-electron chi connectivity index (χ2n) is 4.46. The Labute approximate surface area is 107 Å². The van der Waals surface area contributed by atoms with Gasteiger partial charge in [0.25, 0.3) is 0 Å². The number of hydrogen-bond acceptors (Lipinski definition) is 2. The fourth-order valence-electron chi connectivity index (χ4n) is 2.05. The van der Waals surface area contributed by atoms with Gasteiger partial charge in [-0.25, -0.2) is 0 Å². The lowest BCUT2D eigenvalue weighted by Crippen LogP contribution is -2.05. The zero-order chi connectivity index (χ0) is 12.4. The molecule has 1 atom stereocenters. The van der Waals surface area contributed by atoms with E-state index in [-0.39, 0.29) is 6.10 Å². The molecule has 1 aromatic carbocycles. The number of alkyl halides is 1. The molecule has 17 heavy (non-hydrogen) atoms. The van der Waals surface area contributed by atoms with E-state index in [4.69, 9.17) is 21.1 Å². The maximum Gasteiger partial charge on any atom is 0.126 e. The predicted octanol–water partition coefficient (Wildman–Crippen LogP) is 3.66. The molecule has 2 rings (SSSR count). The van der Waals surface area contributed by atoms with E-state index in [1.807, 2.05) is 19.1 Å². The van der Waals surface area contributed by atoms with E-state index in [0.717, 1.165) is 29.1 Å². The monoisotopic (exact) mass is 252 g/mol. The van der Waals surface area contributed by atoms with Gasteiger partial charge in [0, 0.05) is 23.4 Å². The molecule has 1 unspecified atom stereocenters. The van der Waals surface area contributed by atoms with E-state index in [0.29, 0.717) is 5.88 Å². The standard InChI is InChI=1S/C14H17ClO2/c1-9(8-15)4-11-7-14-12(5-10(2)17-14)6-13(11)16-3/h4,6-7,10H,5,8H2,1-3H3/b9-4-. The molecular formula is C14H17ClO2. The largest absolute Gasteiger partial charge is 0.496 e. The third-order valence-electron chi connectivity index (χ3n) is 2.86. The minimum Gasteiger partial charge on any atom is -0.496 e. The van der Waals surface area contributed by atoms with Gasteiger partial charge in [0.05, 0.1) is 7.11 Å². The summed E-state index contributed by atoms with van der Waals surface area (Å²) >= 11 is 5.80. The van der Waals surface area contributed by atoms with Crippen molar-refractivity contribution in [2.24, 2.45) is 0 Å². The Morgan fingerprint density at radius 1 is 1.59 bits per heavy atom. The Kier molecular flexibility index (Phi) is 3.63. The second kappa shape index (κ2) is 5.01. The maximum atomic E-state index is 5.80. The van der Waals surface area contributed by atoms with E-state index < -0.39 is 0 Å². The summed E-state index contributed by atoms with van der Waals surface area (Å²) in [5.41, 5.74) is 3.35. The van der Waals surface area contributed by atoms with Crippen molar-refractivity contribution in [3.05, 3.63) is 28.8 Å². The molecule has 1 aromatic rings. The summed E-state index contributed by atoms with van der Waals surface area (Å²) < 4.78 is 11.2. The van der Waals surface area contributed by atoms with Crippen molar-refractivity contribution >= 4 is 17.7 Å². The first-order chi connectivity index (χ1) is 8.13. The van der Waals surface area contributed by atoms with Crippen LogP contribution in [0.4, 0.5) is 0 Å². The lowest BCUT2D eigenvalue weighted by Gasteiger charge is -2.09. The number of rotatable bonds is 3. The Morgan fingerprint density at radius 2 is 2.35 bits per heavy atom. The number of methoxy groups -OCH3 is 1. The number of halogens is 1. The van der Waals surface area contributed by atoms with Crippen LogP contribution < -0.4 is 9.47 Å². The lowest BCUT2D eigenvalue weighted by molar-refractivity contribution is 0.254. The van der Waals surface area contributed by atoms with Gasteiger partial charge < -0.3 is 9.47 Å². The van der Waals surface area contributed by atoms with Crippen molar-refractivity contribution in [2.75, 3.05) is 13.0 Å². The van der Waals surface area contributed by atoms with Crippen LogP contribution in [0.1, 0.15) is 25.0 Å². The summed E-state index contributed by atoms with van der Waals surface area (Å²) in [7, 11) is 1.69. The first kappa shape index (κ1) is 12.3. The van der Waals surface area contributed by atoms with Crippen molar-refractivity contribution in [1.29, 1.82) is 0 Å². The summed E-state index contributed by atoms with van der Waals surface area (Å²) in [4.78, 5) is 0. The minimum atomic E-state index is 0.253. The van der Waals surface area contributed by atoms with Gasteiger partial charge in [0.15, 0.2) is 0 Å². The molecule has 0 saturated heterocycles. The second-order valence-corrected chi connectivity index (χ2v) is 4.73. The lowest BCUT2D eigenvalue weighted by atomic mass is 10.0. The van der Waals surface area contributed by atoms with E-state index in [1.54, 1.807) is 7.11 Å². The van der Waals surface area contributed by atoms with Gasteiger partial charge in [-0.05, 0) is 26.0 Å². The van der Waals surface area contributed by atoms with Crippen molar-refractivity contribution in [2.45, 2.75) is 26.4 Å². The highest BCUT2D eigenvalue weighted by Gasteiger charge is 2.21. The highest BCUT2D eigenvalue weighted by Crippen LogP contribution is 2.35. The van der Waals surface area contributed by atoms with Crippen LogP contribution in [0.15, 0.2) is 17.7 Å². The number of hydrogen-bond donors (Lipinski definition) is 0. The van der Waals surface area contributed by atoms with Crippen LogP contribution in [0.2, 0.25) is 0 Å². The summed E-state index contributed by atoms with van der Waals surface area (Å²) in [6, 6.07) is 4.10. The van der Waals surface area contributed by atoms with Crippen molar-refractivity contribution in [1.82, 2.24) is 0 Å². The predicted molar refractivity (Wildman–Crippen MR) is 71.2 cm³/mol. The fourth-order valence-corrected chi connectivity index (χ4v) is 2.13. The van der Waals surface area contributed by atoms with Crippen LogP contribution in [0.5, 0.6) is 11.5 Å². The summed E-state index contributed by atoms with van der Waals surface area (Å²) in [5.74, 6) is 2.37. The Morgan fingerprint density at radius 3 is 3.00 bits per heavy atom. The molecule has 0 N–H and O–H groups in total. The van der Waals surface area contributed by atoms with Gasteiger partial charge in [0.1, 0.15) is 17.6 Å². The molecule has 0 bridgehead atoms. The minimum absolute atomic E-state index is 0.253. The Bertz CT molecular complexity index is 452. The summed E-state index contributed by atoms with van der Waals surface area (Å²) in [5, 5.41) is 0. The molecule has 1 aliphatic rings. The first-order valence-corrected chi connectivity index (χ1v) is 6.28. The van der Waals surface area contributed by atoms with Crippen LogP contribution in [0.25, 0.3) is 6.08 Å². The zero-order valence-electron chi connectivity index (χ0n) is 10.4. The van der Waals surface area contributed by atoms with Crippen LogP contribution >= 0.6 is 11.6 Å². The quantitative estimate of drug-likeness (QED) is 0.765. The molecule has 2 nitrogen and oxygen atoms in total. The molecular weight excluding hydrogens is 236 g/mol. The average molecular weight is 253 g/mol. The van der Waals surface area contributed by atoms with Gasteiger partial charge in [0.2, 0.25) is 0 Å². The van der Waals surface area contributed by atoms with Gasteiger partial charge in [-0.3, -0.25) is 0 Å². The molecule has 0 aromatic heterocycles. The van der Waals surface area contributed by atoms with E-state index in [9.17, 15) is 0 Å².